The Hall–Kier alpha value is -1.64. The molecule has 2 rings (SSSR count). The van der Waals surface area contributed by atoms with Crippen LogP contribution in [-0.2, 0) is 0 Å². The second-order valence-electron chi connectivity index (χ2n) is 3.39. The molecule has 1 N–H and O–H groups in total. The van der Waals surface area contributed by atoms with E-state index in [1.807, 2.05) is 6.92 Å². The molecular weight excluding hydrogens is 181 g/mol. The number of ketones is 1. The lowest BCUT2D eigenvalue weighted by Gasteiger charge is -1.95. The predicted molar refractivity (Wildman–Crippen MR) is 53.0 cm³/mol. The summed E-state index contributed by atoms with van der Waals surface area (Å²) in [5, 5.41) is 0.773. The van der Waals surface area contributed by atoms with Crippen molar-refractivity contribution in [1.29, 1.82) is 0 Å². The molecule has 0 saturated carbocycles. The third-order valence-corrected chi connectivity index (χ3v) is 2.34. The highest BCUT2D eigenvalue weighted by molar-refractivity contribution is 5.98. The molecule has 0 radical (unpaired) electrons. The van der Waals surface area contributed by atoms with E-state index in [1.165, 1.54) is 13.0 Å². The number of Topliss-reactive ketones (excluding diaryl/α,β-unsaturated/α-hetero) is 1. The molecule has 72 valence electrons. The number of halogens is 1. The van der Waals surface area contributed by atoms with E-state index in [4.69, 9.17) is 0 Å². The Kier molecular flexibility index (Phi) is 1.88. The van der Waals surface area contributed by atoms with Crippen LogP contribution in [-0.4, -0.2) is 10.8 Å². The van der Waals surface area contributed by atoms with Crippen LogP contribution in [0.4, 0.5) is 4.39 Å². The van der Waals surface area contributed by atoms with Gasteiger partial charge in [-0.3, -0.25) is 4.79 Å². The fourth-order valence-electron chi connectivity index (χ4n) is 1.51. The number of aromatic nitrogens is 1. The van der Waals surface area contributed by atoms with Crippen molar-refractivity contribution in [2.75, 3.05) is 0 Å². The van der Waals surface area contributed by atoms with E-state index in [0.717, 1.165) is 10.9 Å². The van der Waals surface area contributed by atoms with Gasteiger partial charge in [-0.15, -0.1) is 0 Å². The summed E-state index contributed by atoms with van der Waals surface area (Å²) in [6.07, 6.45) is 0. The van der Waals surface area contributed by atoms with Gasteiger partial charge < -0.3 is 4.98 Å². The van der Waals surface area contributed by atoms with Crippen LogP contribution < -0.4 is 0 Å². The van der Waals surface area contributed by atoms with Crippen LogP contribution in [0.2, 0.25) is 0 Å². The fraction of sp³-hybridized carbons (Fsp3) is 0.182. The number of fused-ring (bicyclic) bond motifs is 1. The molecular formula is C11H10FNO. The van der Waals surface area contributed by atoms with Gasteiger partial charge >= 0.3 is 0 Å². The zero-order chi connectivity index (χ0) is 10.3. The average Bonchev–Trinajstić information content (AvgIpc) is 2.57. The number of hydrogen-bond acceptors (Lipinski definition) is 1. The monoisotopic (exact) mass is 191 g/mol. The quantitative estimate of drug-likeness (QED) is 0.691. The SMILES string of the molecule is CC(=O)c1cc2c(C)ccc(F)c2[nH]1. The number of aromatic amines is 1. The van der Waals surface area contributed by atoms with Crippen molar-refractivity contribution in [3.05, 3.63) is 35.3 Å². The third kappa shape index (κ3) is 1.21. The summed E-state index contributed by atoms with van der Waals surface area (Å²) in [5.41, 5.74) is 1.83. The Labute approximate surface area is 80.7 Å². The Balaban J connectivity index is 2.82. The van der Waals surface area contributed by atoms with E-state index in [9.17, 15) is 9.18 Å². The van der Waals surface area contributed by atoms with Crippen LogP contribution in [0.5, 0.6) is 0 Å². The fourth-order valence-corrected chi connectivity index (χ4v) is 1.51. The first-order chi connectivity index (χ1) is 6.59. The highest BCUT2D eigenvalue weighted by atomic mass is 19.1. The Morgan fingerprint density at radius 1 is 1.43 bits per heavy atom. The summed E-state index contributed by atoms with van der Waals surface area (Å²) in [6.45, 7) is 3.34. The lowest BCUT2D eigenvalue weighted by molar-refractivity contribution is 0.101. The lowest BCUT2D eigenvalue weighted by Crippen LogP contribution is -1.90. The van der Waals surface area contributed by atoms with E-state index in [0.29, 0.717) is 11.2 Å². The molecule has 0 atom stereocenters. The molecule has 3 heteroatoms. The van der Waals surface area contributed by atoms with Crippen molar-refractivity contribution in [2.24, 2.45) is 0 Å². The van der Waals surface area contributed by atoms with Crippen LogP contribution in [0.15, 0.2) is 18.2 Å². The zero-order valence-corrected chi connectivity index (χ0v) is 8.02. The number of benzene rings is 1. The average molecular weight is 191 g/mol. The second kappa shape index (κ2) is 2.94. The zero-order valence-electron chi connectivity index (χ0n) is 8.02. The van der Waals surface area contributed by atoms with Crippen molar-refractivity contribution in [1.82, 2.24) is 4.98 Å². The normalized spacial score (nSPS) is 10.8. The molecule has 0 bridgehead atoms. The molecule has 2 aromatic rings. The number of carbonyl (C=O) groups excluding carboxylic acids is 1. The molecule has 0 fully saturated rings. The summed E-state index contributed by atoms with van der Waals surface area (Å²) in [5.74, 6) is -0.405. The van der Waals surface area contributed by atoms with Gasteiger partial charge in [-0.1, -0.05) is 6.07 Å². The van der Waals surface area contributed by atoms with Crippen LogP contribution >= 0.6 is 0 Å². The molecule has 0 amide bonds. The molecule has 14 heavy (non-hydrogen) atoms. The molecule has 0 saturated heterocycles. The maximum atomic E-state index is 13.3. The number of rotatable bonds is 1. The number of H-pyrrole nitrogens is 1. The smallest absolute Gasteiger partial charge is 0.175 e. The highest BCUT2D eigenvalue weighted by Gasteiger charge is 2.09. The first-order valence-electron chi connectivity index (χ1n) is 4.38. The molecule has 0 aliphatic carbocycles. The number of nitrogens with one attached hydrogen (secondary N) is 1. The molecule has 1 aromatic heterocycles. The molecule has 0 aliphatic heterocycles. The van der Waals surface area contributed by atoms with Crippen molar-refractivity contribution in [3.63, 3.8) is 0 Å². The van der Waals surface area contributed by atoms with Crippen molar-refractivity contribution >= 4 is 16.7 Å². The number of carbonyl (C=O) groups is 1. The van der Waals surface area contributed by atoms with Gasteiger partial charge in [0, 0.05) is 12.3 Å². The first kappa shape index (κ1) is 8.94. The van der Waals surface area contributed by atoms with Crippen molar-refractivity contribution in [2.45, 2.75) is 13.8 Å². The van der Waals surface area contributed by atoms with Gasteiger partial charge in [0.15, 0.2) is 5.78 Å². The van der Waals surface area contributed by atoms with Gasteiger partial charge in [-0.2, -0.15) is 0 Å². The van der Waals surface area contributed by atoms with E-state index < -0.39 is 0 Å². The van der Waals surface area contributed by atoms with Gasteiger partial charge in [0.25, 0.3) is 0 Å². The topological polar surface area (TPSA) is 32.9 Å². The summed E-state index contributed by atoms with van der Waals surface area (Å²) < 4.78 is 13.3. The van der Waals surface area contributed by atoms with Crippen LogP contribution in [0.25, 0.3) is 10.9 Å². The Morgan fingerprint density at radius 3 is 2.71 bits per heavy atom. The lowest BCUT2D eigenvalue weighted by atomic mass is 10.1. The van der Waals surface area contributed by atoms with Crippen molar-refractivity contribution in [3.8, 4) is 0 Å². The highest BCUT2D eigenvalue weighted by Crippen LogP contribution is 2.22. The minimum Gasteiger partial charge on any atom is -0.350 e. The van der Waals surface area contributed by atoms with Crippen LogP contribution in [0.3, 0.4) is 0 Å². The molecule has 1 heterocycles. The van der Waals surface area contributed by atoms with E-state index in [2.05, 4.69) is 4.98 Å². The van der Waals surface area contributed by atoms with Crippen LogP contribution in [0, 0.1) is 12.7 Å². The predicted octanol–water partition coefficient (Wildman–Crippen LogP) is 2.82. The maximum Gasteiger partial charge on any atom is 0.175 e. The van der Waals surface area contributed by atoms with E-state index >= 15 is 0 Å². The minimum absolute atomic E-state index is 0.0833. The second-order valence-corrected chi connectivity index (χ2v) is 3.39. The summed E-state index contributed by atoms with van der Waals surface area (Å²) in [6, 6.07) is 4.80. The maximum absolute atomic E-state index is 13.3. The molecule has 0 aliphatic rings. The van der Waals surface area contributed by atoms with E-state index in [-0.39, 0.29) is 11.6 Å². The molecule has 1 aromatic carbocycles. The first-order valence-corrected chi connectivity index (χ1v) is 4.38. The Bertz CT molecular complexity index is 474. The summed E-state index contributed by atoms with van der Waals surface area (Å²) in [4.78, 5) is 13.9. The third-order valence-electron chi connectivity index (χ3n) is 2.34. The van der Waals surface area contributed by atoms with Gasteiger partial charge in [0.05, 0.1) is 11.2 Å². The van der Waals surface area contributed by atoms with Gasteiger partial charge in [0.1, 0.15) is 5.82 Å². The number of hydrogen-bond donors (Lipinski definition) is 1. The standard InChI is InChI=1S/C11H10FNO/c1-6-3-4-9(12)11-8(6)5-10(13-11)7(2)14/h3-5,13H,1-2H3. The Morgan fingerprint density at radius 2 is 2.14 bits per heavy atom. The van der Waals surface area contributed by atoms with Gasteiger partial charge in [-0.05, 0) is 24.6 Å². The minimum atomic E-state index is -0.321. The molecule has 2 nitrogen and oxygen atoms in total. The van der Waals surface area contributed by atoms with Gasteiger partial charge in [-0.25, -0.2) is 4.39 Å². The molecule has 0 spiro atoms. The van der Waals surface area contributed by atoms with Crippen molar-refractivity contribution < 1.29 is 9.18 Å². The van der Waals surface area contributed by atoms with Crippen LogP contribution in [0.1, 0.15) is 23.0 Å². The van der Waals surface area contributed by atoms with E-state index in [1.54, 1.807) is 12.1 Å². The summed E-state index contributed by atoms with van der Waals surface area (Å²) >= 11 is 0. The number of aryl methyl sites for hydroxylation is 1. The molecule has 0 unspecified atom stereocenters. The summed E-state index contributed by atoms with van der Waals surface area (Å²) in [7, 11) is 0. The van der Waals surface area contributed by atoms with Gasteiger partial charge in [0.2, 0.25) is 0 Å². The largest absolute Gasteiger partial charge is 0.350 e.